The van der Waals surface area contributed by atoms with Crippen LogP contribution in [0.2, 0.25) is 0 Å². The molecule has 0 rings (SSSR count). The first-order chi connectivity index (χ1) is 32.5. The number of amides is 1. The van der Waals surface area contributed by atoms with E-state index in [2.05, 4.69) is 31.3 Å². The monoisotopic (exact) mass is 967 g/mol. The Bertz CT molecular complexity index is 1140. The summed E-state index contributed by atoms with van der Waals surface area (Å²) in [7, 11) is 1.26. The van der Waals surface area contributed by atoms with Gasteiger partial charge in [-0.1, -0.05) is 276 Å². The number of carbonyl (C=O) groups is 1. The van der Waals surface area contributed by atoms with Gasteiger partial charge in [0, 0.05) is 6.42 Å². The van der Waals surface area contributed by atoms with E-state index in [1.807, 2.05) is 27.2 Å². The number of hydrogen-bond acceptors (Lipinski definition) is 6. The molecule has 0 heterocycles. The number of likely N-dealkylation sites (N-methyl/N-ethyl adjacent to an activating group) is 1. The Morgan fingerprint density at radius 2 is 0.836 bits per heavy atom. The second-order valence-corrected chi connectivity index (χ2v) is 22.8. The van der Waals surface area contributed by atoms with Crippen LogP contribution in [0.15, 0.2) is 24.3 Å². The van der Waals surface area contributed by atoms with Gasteiger partial charge in [-0.3, -0.25) is 9.36 Å². The van der Waals surface area contributed by atoms with Crippen molar-refractivity contribution in [3.05, 3.63) is 24.3 Å². The number of unbranched alkanes of at least 4 members (excludes halogenated alkanes) is 39. The number of phosphoric acid groups is 1. The Morgan fingerprint density at radius 1 is 0.507 bits per heavy atom. The number of allylic oxidation sites excluding steroid dienone is 3. The first-order valence-corrected chi connectivity index (χ1v) is 30.7. The van der Waals surface area contributed by atoms with Crippen LogP contribution in [0.5, 0.6) is 0 Å². The molecule has 1 amide bonds. The predicted molar refractivity (Wildman–Crippen MR) is 289 cm³/mol. The lowest BCUT2D eigenvalue weighted by Gasteiger charge is -2.29. The largest absolute Gasteiger partial charge is 0.756 e. The standard InChI is InChI=1S/C58H115N2O6P/c1-6-8-10-12-14-16-18-20-22-23-24-25-26-27-28-29-30-31-32-33-34-35-36-38-40-42-44-46-48-50-52-58(62)59-56(55-66-67(63,64)65-54-53-60(3,4)5)57(61)51-49-47-45-43-41-39-37-21-19-17-15-13-11-9-7-2/h41,43,49,51,56-57,61H,6-40,42,44-48,50,52-55H2,1-5H3,(H-,59,62,63,64)/b43-41+,51-49+. The highest BCUT2D eigenvalue weighted by Crippen LogP contribution is 2.38. The van der Waals surface area contributed by atoms with E-state index in [1.54, 1.807) is 6.08 Å². The van der Waals surface area contributed by atoms with Crippen molar-refractivity contribution in [2.75, 3.05) is 40.9 Å². The van der Waals surface area contributed by atoms with Crippen LogP contribution in [0.3, 0.4) is 0 Å². The summed E-state index contributed by atoms with van der Waals surface area (Å²) < 4.78 is 23.3. The lowest BCUT2D eigenvalue weighted by molar-refractivity contribution is -0.870. The highest BCUT2D eigenvalue weighted by molar-refractivity contribution is 7.45. The molecule has 2 N–H and O–H groups in total. The molecule has 67 heavy (non-hydrogen) atoms. The maximum atomic E-state index is 12.9. The number of nitrogens with one attached hydrogen (secondary N) is 1. The lowest BCUT2D eigenvalue weighted by atomic mass is 10.0. The molecule has 8 nitrogen and oxygen atoms in total. The summed E-state index contributed by atoms with van der Waals surface area (Å²) >= 11 is 0. The van der Waals surface area contributed by atoms with Crippen LogP contribution >= 0.6 is 7.82 Å². The summed E-state index contributed by atoms with van der Waals surface area (Å²) in [6.07, 6.45) is 62.7. The average molecular weight is 968 g/mol. The van der Waals surface area contributed by atoms with Crippen LogP contribution < -0.4 is 10.2 Å². The van der Waals surface area contributed by atoms with Gasteiger partial charge in [-0.15, -0.1) is 0 Å². The van der Waals surface area contributed by atoms with Gasteiger partial charge in [-0.25, -0.2) is 0 Å². The van der Waals surface area contributed by atoms with Gasteiger partial charge in [0.05, 0.1) is 39.9 Å². The number of carbonyl (C=O) groups excluding carboxylic acids is 1. The molecule has 0 aliphatic rings. The lowest BCUT2D eigenvalue weighted by Crippen LogP contribution is -2.45. The Balaban J connectivity index is 4.06. The van der Waals surface area contributed by atoms with Crippen molar-refractivity contribution in [1.82, 2.24) is 5.32 Å². The zero-order valence-electron chi connectivity index (χ0n) is 45.4. The van der Waals surface area contributed by atoms with Gasteiger partial charge in [0.2, 0.25) is 5.91 Å². The summed E-state index contributed by atoms with van der Waals surface area (Å²) in [4.78, 5) is 25.5. The van der Waals surface area contributed by atoms with E-state index in [1.165, 1.54) is 231 Å². The fourth-order valence-corrected chi connectivity index (χ4v) is 9.54. The summed E-state index contributed by atoms with van der Waals surface area (Å²) in [5, 5.41) is 13.8. The number of quaternary nitrogens is 1. The minimum absolute atomic E-state index is 0.00388. The van der Waals surface area contributed by atoms with E-state index < -0.39 is 20.0 Å². The van der Waals surface area contributed by atoms with E-state index in [4.69, 9.17) is 9.05 Å². The normalized spacial score (nSPS) is 14.1. The van der Waals surface area contributed by atoms with Crippen LogP contribution in [-0.2, 0) is 18.4 Å². The van der Waals surface area contributed by atoms with Gasteiger partial charge in [-0.05, 0) is 32.1 Å². The molecule has 0 spiro atoms. The average Bonchev–Trinajstić information content (AvgIpc) is 3.29. The summed E-state index contributed by atoms with van der Waals surface area (Å²) in [6.45, 7) is 4.66. The molecule has 0 saturated heterocycles. The van der Waals surface area contributed by atoms with Gasteiger partial charge in [0.1, 0.15) is 13.2 Å². The van der Waals surface area contributed by atoms with E-state index in [0.29, 0.717) is 17.4 Å². The van der Waals surface area contributed by atoms with Crippen molar-refractivity contribution in [2.45, 2.75) is 302 Å². The molecule has 0 aromatic carbocycles. The third-order valence-corrected chi connectivity index (χ3v) is 14.4. The fourth-order valence-electron chi connectivity index (χ4n) is 8.82. The third-order valence-electron chi connectivity index (χ3n) is 13.4. The SMILES string of the molecule is CCCCCCCCCCC/C=C/CC/C=C/C(O)C(COP(=O)([O-])OCC[N+](C)(C)C)NC(=O)CCCCCCCCCCCCCCCCCCCCCCCCCCCCCCCC. The molecule has 0 bridgehead atoms. The van der Waals surface area contributed by atoms with E-state index in [9.17, 15) is 19.4 Å². The van der Waals surface area contributed by atoms with Crippen molar-refractivity contribution in [3.63, 3.8) is 0 Å². The molecule has 0 aliphatic heterocycles. The maximum absolute atomic E-state index is 12.9. The topological polar surface area (TPSA) is 108 Å². The van der Waals surface area contributed by atoms with Gasteiger partial charge in [0.25, 0.3) is 7.82 Å². The maximum Gasteiger partial charge on any atom is 0.268 e. The summed E-state index contributed by atoms with van der Waals surface area (Å²) in [5.74, 6) is -0.202. The highest BCUT2D eigenvalue weighted by Gasteiger charge is 2.23. The number of phosphoric ester groups is 1. The minimum atomic E-state index is -4.60. The van der Waals surface area contributed by atoms with E-state index in [0.717, 1.165) is 38.5 Å². The second kappa shape index (κ2) is 49.9. The zero-order valence-corrected chi connectivity index (χ0v) is 46.3. The highest BCUT2D eigenvalue weighted by atomic mass is 31.2. The second-order valence-electron chi connectivity index (χ2n) is 21.4. The van der Waals surface area contributed by atoms with Gasteiger partial charge < -0.3 is 28.8 Å². The third kappa shape index (κ3) is 52.6. The Kier molecular flexibility index (Phi) is 49.2. The molecule has 3 atom stereocenters. The Labute approximate surface area is 417 Å². The predicted octanol–water partition coefficient (Wildman–Crippen LogP) is 17.0. The molecular formula is C58H115N2O6P. The summed E-state index contributed by atoms with van der Waals surface area (Å²) in [6, 6.07) is -0.899. The van der Waals surface area contributed by atoms with Crippen molar-refractivity contribution < 1.29 is 32.9 Å². The first kappa shape index (κ1) is 66.0. The van der Waals surface area contributed by atoms with E-state index in [-0.39, 0.29) is 19.1 Å². The van der Waals surface area contributed by atoms with Gasteiger partial charge in [-0.2, -0.15) is 0 Å². The number of hydrogen-bond donors (Lipinski definition) is 2. The summed E-state index contributed by atoms with van der Waals surface area (Å²) in [5.41, 5.74) is 0. The van der Waals surface area contributed by atoms with Crippen molar-refractivity contribution in [1.29, 1.82) is 0 Å². The number of rotatable bonds is 54. The van der Waals surface area contributed by atoms with Gasteiger partial charge >= 0.3 is 0 Å². The molecule has 0 aliphatic carbocycles. The van der Waals surface area contributed by atoms with E-state index >= 15 is 0 Å². The van der Waals surface area contributed by atoms with Crippen LogP contribution in [-0.4, -0.2) is 68.5 Å². The molecular weight excluding hydrogens is 852 g/mol. The fraction of sp³-hybridized carbons (Fsp3) is 0.914. The van der Waals surface area contributed by atoms with Crippen molar-refractivity contribution in [2.24, 2.45) is 0 Å². The first-order valence-electron chi connectivity index (χ1n) is 29.2. The van der Waals surface area contributed by atoms with Crippen molar-refractivity contribution in [3.8, 4) is 0 Å². The van der Waals surface area contributed by atoms with Crippen LogP contribution in [0, 0.1) is 0 Å². The molecule has 0 saturated carbocycles. The van der Waals surface area contributed by atoms with Crippen LogP contribution in [0.25, 0.3) is 0 Å². The molecule has 398 valence electrons. The zero-order chi connectivity index (χ0) is 49.2. The molecule has 0 aromatic rings. The van der Waals surface area contributed by atoms with Crippen molar-refractivity contribution >= 4 is 13.7 Å². The number of aliphatic hydroxyl groups is 1. The van der Waals surface area contributed by atoms with Crippen LogP contribution in [0.1, 0.15) is 290 Å². The number of nitrogens with zero attached hydrogens (tertiary/aromatic N) is 1. The van der Waals surface area contributed by atoms with Gasteiger partial charge in [0.15, 0.2) is 0 Å². The Hall–Kier alpha value is -1.02. The number of aliphatic hydroxyl groups excluding tert-OH is 1. The minimum Gasteiger partial charge on any atom is -0.756 e. The molecule has 0 radical (unpaired) electrons. The smallest absolute Gasteiger partial charge is 0.268 e. The van der Waals surface area contributed by atoms with Crippen LogP contribution in [0.4, 0.5) is 0 Å². The quantitative estimate of drug-likeness (QED) is 0.0272. The molecule has 0 fully saturated rings. The Morgan fingerprint density at radius 3 is 1.21 bits per heavy atom. The molecule has 0 aromatic heterocycles. The molecule has 9 heteroatoms. The molecule has 3 unspecified atom stereocenters.